The molecule has 0 radical (unpaired) electrons. The molecule has 2 aliphatic rings. The highest BCUT2D eigenvalue weighted by Crippen LogP contribution is 2.44. The molecule has 7 nitrogen and oxygen atoms in total. The minimum Gasteiger partial charge on any atom is -0.481 e. The second-order valence-corrected chi connectivity index (χ2v) is 8.84. The lowest BCUT2D eigenvalue weighted by Gasteiger charge is -2.19. The monoisotopic (exact) mass is 440 g/mol. The van der Waals surface area contributed by atoms with E-state index in [0.717, 1.165) is 22.3 Å². The number of amides is 2. The molecule has 1 fully saturated rings. The molecule has 0 heterocycles. The van der Waals surface area contributed by atoms with Crippen LogP contribution < -0.4 is 10.6 Å². The SMILES string of the molecule is O=C(O)CSCCNC(=O)C1(NC(=O)OCC2c3ccccc3-c3ccccc32)CC1. The van der Waals surface area contributed by atoms with Crippen LogP contribution in [0.4, 0.5) is 4.79 Å². The third-order valence-corrected chi connectivity index (χ3v) is 6.57. The lowest BCUT2D eigenvalue weighted by Crippen LogP contribution is -2.49. The Morgan fingerprint density at radius 1 is 1.03 bits per heavy atom. The normalized spacial score (nSPS) is 15.5. The average Bonchev–Trinajstić information content (AvgIpc) is 3.47. The Hall–Kier alpha value is -3.00. The Labute approximate surface area is 184 Å². The largest absolute Gasteiger partial charge is 0.481 e. The maximum Gasteiger partial charge on any atom is 0.408 e. The number of thioether (sulfide) groups is 1. The summed E-state index contributed by atoms with van der Waals surface area (Å²) in [6, 6.07) is 16.2. The third kappa shape index (κ3) is 4.69. The number of hydrogen-bond acceptors (Lipinski definition) is 5. The Kier molecular flexibility index (Phi) is 6.18. The van der Waals surface area contributed by atoms with Crippen molar-refractivity contribution < 1.29 is 24.2 Å². The van der Waals surface area contributed by atoms with Crippen molar-refractivity contribution in [3.8, 4) is 11.1 Å². The molecule has 0 atom stereocenters. The van der Waals surface area contributed by atoms with Gasteiger partial charge in [-0.25, -0.2) is 4.79 Å². The molecule has 1 saturated carbocycles. The minimum absolute atomic E-state index is 0.000979. The molecule has 3 N–H and O–H groups in total. The van der Waals surface area contributed by atoms with Crippen molar-refractivity contribution in [3.05, 3.63) is 59.7 Å². The van der Waals surface area contributed by atoms with Gasteiger partial charge < -0.3 is 20.5 Å². The van der Waals surface area contributed by atoms with Crippen LogP contribution in [0.15, 0.2) is 48.5 Å². The van der Waals surface area contributed by atoms with Crippen LogP contribution in [-0.2, 0) is 14.3 Å². The van der Waals surface area contributed by atoms with E-state index in [1.165, 1.54) is 11.8 Å². The number of fused-ring (bicyclic) bond motifs is 3. The molecule has 2 amide bonds. The number of nitrogens with one attached hydrogen (secondary N) is 2. The molecule has 0 unspecified atom stereocenters. The Morgan fingerprint density at radius 2 is 1.65 bits per heavy atom. The zero-order chi connectivity index (χ0) is 21.8. The first kappa shape index (κ1) is 21.2. The van der Waals surface area contributed by atoms with Gasteiger partial charge in [0.2, 0.25) is 5.91 Å². The summed E-state index contributed by atoms with van der Waals surface area (Å²) < 4.78 is 5.54. The zero-order valence-electron chi connectivity index (χ0n) is 16.9. The van der Waals surface area contributed by atoms with Crippen molar-refractivity contribution in [3.63, 3.8) is 0 Å². The zero-order valence-corrected chi connectivity index (χ0v) is 17.7. The molecule has 31 heavy (non-hydrogen) atoms. The summed E-state index contributed by atoms with van der Waals surface area (Å²) >= 11 is 1.23. The predicted octanol–water partition coefficient (Wildman–Crippen LogP) is 2.99. The second-order valence-electron chi connectivity index (χ2n) is 7.73. The molecule has 2 aliphatic carbocycles. The predicted molar refractivity (Wildman–Crippen MR) is 118 cm³/mol. The molecule has 162 valence electrons. The van der Waals surface area contributed by atoms with Crippen LogP contribution in [0, 0.1) is 0 Å². The van der Waals surface area contributed by atoms with Gasteiger partial charge in [0.25, 0.3) is 0 Å². The van der Waals surface area contributed by atoms with Gasteiger partial charge in [-0.05, 0) is 35.1 Å². The van der Waals surface area contributed by atoms with Gasteiger partial charge in [0.15, 0.2) is 0 Å². The molecule has 0 aromatic heterocycles. The summed E-state index contributed by atoms with van der Waals surface area (Å²) in [5, 5.41) is 14.1. The topological polar surface area (TPSA) is 105 Å². The van der Waals surface area contributed by atoms with Gasteiger partial charge in [-0.1, -0.05) is 48.5 Å². The molecule has 0 aliphatic heterocycles. The number of carboxylic acids is 1. The highest BCUT2D eigenvalue weighted by atomic mass is 32.2. The van der Waals surface area contributed by atoms with Crippen LogP contribution in [0.3, 0.4) is 0 Å². The minimum atomic E-state index is -0.917. The lowest BCUT2D eigenvalue weighted by atomic mass is 9.98. The standard InChI is InChI=1S/C23H24N2O5S/c26-20(27)14-31-12-11-24-21(28)23(9-10-23)25-22(29)30-13-19-17-7-3-1-5-15(17)16-6-2-4-8-18(16)19/h1-8,19H,9-14H2,(H,24,28)(H,25,29)(H,26,27). The summed E-state index contributed by atoms with van der Waals surface area (Å²) in [6.07, 6.45) is 0.520. The van der Waals surface area contributed by atoms with Gasteiger partial charge in [0, 0.05) is 18.2 Å². The van der Waals surface area contributed by atoms with Crippen molar-refractivity contribution in [2.45, 2.75) is 24.3 Å². The van der Waals surface area contributed by atoms with E-state index >= 15 is 0 Å². The molecule has 2 aromatic rings. The molecule has 2 aromatic carbocycles. The van der Waals surface area contributed by atoms with E-state index in [1.54, 1.807) is 0 Å². The van der Waals surface area contributed by atoms with Crippen LogP contribution in [0.2, 0.25) is 0 Å². The number of rotatable bonds is 9. The van der Waals surface area contributed by atoms with Crippen LogP contribution in [-0.4, -0.2) is 53.3 Å². The highest BCUT2D eigenvalue weighted by Gasteiger charge is 2.51. The van der Waals surface area contributed by atoms with Crippen LogP contribution >= 0.6 is 11.8 Å². The summed E-state index contributed by atoms with van der Waals surface area (Å²) in [5.74, 6) is -0.671. The van der Waals surface area contributed by atoms with Gasteiger partial charge in [-0.15, -0.1) is 11.8 Å². The first-order valence-corrected chi connectivity index (χ1v) is 11.4. The van der Waals surface area contributed by atoms with E-state index in [0.29, 0.717) is 25.1 Å². The number of alkyl carbamates (subject to hydrolysis) is 1. The van der Waals surface area contributed by atoms with Crippen LogP contribution in [0.1, 0.15) is 29.9 Å². The lowest BCUT2D eigenvalue weighted by molar-refractivity contribution is -0.133. The summed E-state index contributed by atoms with van der Waals surface area (Å²) in [6.45, 7) is 0.550. The molecule has 8 heteroatoms. The number of carbonyl (C=O) groups excluding carboxylic acids is 2. The molecule has 0 spiro atoms. The molecule has 0 saturated heterocycles. The summed E-state index contributed by atoms with van der Waals surface area (Å²) in [7, 11) is 0. The third-order valence-electron chi connectivity index (χ3n) is 5.63. The van der Waals surface area contributed by atoms with Crippen molar-refractivity contribution in [2.75, 3.05) is 24.7 Å². The molecular weight excluding hydrogens is 416 g/mol. The Bertz CT molecular complexity index is 959. The number of benzene rings is 2. The average molecular weight is 441 g/mol. The number of ether oxygens (including phenoxy) is 1. The molecular formula is C23H24N2O5S. The van der Waals surface area contributed by atoms with E-state index in [2.05, 4.69) is 34.9 Å². The first-order valence-electron chi connectivity index (χ1n) is 10.2. The van der Waals surface area contributed by atoms with Crippen molar-refractivity contribution in [1.82, 2.24) is 10.6 Å². The van der Waals surface area contributed by atoms with Gasteiger partial charge >= 0.3 is 12.1 Å². The maximum atomic E-state index is 12.5. The number of aliphatic carboxylic acids is 1. The van der Waals surface area contributed by atoms with E-state index in [-0.39, 0.29) is 24.2 Å². The first-order chi connectivity index (χ1) is 15.0. The Balaban J connectivity index is 1.30. The van der Waals surface area contributed by atoms with E-state index < -0.39 is 17.6 Å². The smallest absolute Gasteiger partial charge is 0.408 e. The molecule has 0 bridgehead atoms. The number of carbonyl (C=O) groups is 3. The maximum absolute atomic E-state index is 12.5. The fourth-order valence-electron chi connectivity index (χ4n) is 3.93. The summed E-state index contributed by atoms with van der Waals surface area (Å²) in [4.78, 5) is 35.4. The van der Waals surface area contributed by atoms with Crippen molar-refractivity contribution in [1.29, 1.82) is 0 Å². The van der Waals surface area contributed by atoms with Gasteiger partial charge in [-0.2, -0.15) is 0 Å². The van der Waals surface area contributed by atoms with E-state index in [1.807, 2.05) is 24.3 Å². The summed E-state index contributed by atoms with van der Waals surface area (Å²) in [5.41, 5.74) is 3.67. The highest BCUT2D eigenvalue weighted by molar-refractivity contribution is 7.99. The van der Waals surface area contributed by atoms with Gasteiger partial charge in [0.05, 0.1) is 5.75 Å². The fourth-order valence-corrected chi connectivity index (χ4v) is 4.49. The second kappa shape index (κ2) is 9.01. The quantitative estimate of drug-likeness (QED) is 0.518. The Morgan fingerprint density at radius 3 is 2.23 bits per heavy atom. The van der Waals surface area contributed by atoms with E-state index in [4.69, 9.17) is 9.84 Å². The van der Waals surface area contributed by atoms with Gasteiger partial charge in [0.1, 0.15) is 12.1 Å². The van der Waals surface area contributed by atoms with Crippen LogP contribution in [0.25, 0.3) is 11.1 Å². The van der Waals surface area contributed by atoms with Crippen LogP contribution in [0.5, 0.6) is 0 Å². The van der Waals surface area contributed by atoms with Crippen molar-refractivity contribution >= 4 is 29.7 Å². The van der Waals surface area contributed by atoms with Gasteiger partial charge in [-0.3, -0.25) is 9.59 Å². The fraction of sp³-hybridized carbons (Fsp3) is 0.348. The molecule has 4 rings (SSSR count). The number of hydrogen-bond donors (Lipinski definition) is 3. The van der Waals surface area contributed by atoms with E-state index in [9.17, 15) is 14.4 Å². The van der Waals surface area contributed by atoms with Crippen molar-refractivity contribution in [2.24, 2.45) is 0 Å². The number of carboxylic acid groups (broad SMARTS) is 1.